The molecule has 0 unspecified atom stereocenters. The van der Waals surface area contributed by atoms with Crippen LogP contribution in [0.15, 0.2) is 40.3 Å². The van der Waals surface area contributed by atoms with E-state index in [1.54, 1.807) is 11.8 Å². The Balaban J connectivity index is 2.11. The maximum atomic E-state index is 12.1. The SMILES string of the molecule is CCSc1ccccc1NC(=O)C(C)=C1CNC1. The number of hydrogen-bond donors (Lipinski definition) is 2. The van der Waals surface area contributed by atoms with E-state index in [-0.39, 0.29) is 5.91 Å². The molecule has 2 rings (SSSR count). The van der Waals surface area contributed by atoms with Gasteiger partial charge in [-0.3, -0.25) is 4.79 Å². The van der Waals surface area contributed by atoms with Crippen LogP contribution < -0.4 is 10.6 Å². The van der Waals surface area contributed by atoms with Crippen molar-refractivity contribution in [2.75, 3.05) is 24.2 Å². The molecule has 0 aromatic heterocycles. The van der Waals surface area contributed by atoms with Crippen LogP contribution in [0, 0.1) is 0 Å². The molecule has 3 nitrogen and oxygen atoms in total. The minimum Gasteiger partial charge on any atom is -0.321 e. The van der Waals surface area contributed by atoms with Gasteiger partial charge in [0.2, 0.25) is 0 Å². The fourth-order valence-corrected chi connectivity index (χ4v) is 2.50. The van der Waals surface area contributed by atoms with Crippen molar-refractivity contribution in [3.8, 4) is 0 Å². The van der Waals surface area contributed by atoms with Gasteiger partial charge in [-0.1, -0.05) is 19.1 Å². The molecule has 4 heteroatoms. The summed E-state index contributed by atoms with van der Waals surface area (Å²) in [5.74, 6) is 1.01. The average Bonchev–Trinajstić information content (AvgIpc) is 2.29. The van der Waals surface area contributed by atoms with E-state index in [0.29, 0.717) is 0 Å². The molecule has 0 bridgehead atoms. The fraction of sp³-hybridized carbons (Fsp3) is 0.357. The highest BCUT2D eigenvalue weighted by Crippen LogP contribution is 2.27. The number of anilines is 1. The third kappa shape index (κ3) is 2.94. The average molecular weight is 262 g/mol. The third-order valence-electron chi connectivity index (χ3n) is 2.98. The Bertz CT molecular complexity index is 476. The van der Waals surface area contributed by atoms with Gasteiger partial charge in [0, 0.05) is 23.6 Å². The molecule has 0 aliphatic carbocycles. The lowest BCUT2D eigenvalue weighted by Gasteiger charge is -2.21. The summed E-state index contributed by atoms with van der Waals surface area (Å²) in [6.45, 7) is 5.67. The van der Waals surface area contributed by atoms with E-state index in [2.05, 4.69) is 17.6 Å². The predicted octanol–water partition coefficient (Wildman–Crippen LogP) is 2.66. The van der Waals surface area contributed by atoms with Crippen LogP contribution in [0.4, 0.5) is 5.69 Å². The van der Waals surface area contributed by atoms with Crippen molar-refractivity contribution in [1.82, 2.24) is 5.32 Å². The number of benzene rings is 1. The summed E-state index contributed by atoms with van der Waals surface area (Å²) < 4.78 is 0. The number of hydrogen-bond acceptors (Lipinski definition) is 3. The van der Waals surface area contributed by atoms with Gasteiger partial charge in [-0.2, -0.15) is 0 Å². The Morgan fingerprint density at radius 2 is 2.11 bits per heavy atom. The number of carbonyl (C=O) groups is 1. The molecule has 1 aliphatic rings. The molecule has 0 saturated carbocycles. The number of nitrogens with one attached hydrogen (secondary N) is 2. The second-order valence-electron chi connectivity index (χ2n) is 4.22. The minimum atomic E-state index is 0.00986. The van der Waals surface area contributed by atoms with Crippen LogP contribution in [0.3, 0.4) is 0 Å². The standard InChI is InChI=1S/C14H18N2OS/c1-3-18-13-7-5-4-6-12(13)16-14(17)10(2)11-8-15-9-11/h4-7,15H,3,8-9H2,1-2H3,(H,16,17). The second kappa shape index (κ2) is 6.07. The van der Waals surface area contributed by atoms with Crippen molar-refractivity contribution in [3.05, 3.63) is 35.4 Å². The molecule has 0 spiro atoms. The number of thioether (sulfide) groups is 1. The van der Waals surface area contributed by atoms with Gasteiger partial charge in [-0.05, 0) is 30.4 Å². The van der Waals surface area contributed by atoms with Gasteiger partial charge in [0.25, 0.3) is 5.91 Å². The van der Waals surface area contributed by atoms with Crippen LogP contribution in [0.1, 0.15) is 13.8 Å². The van der Waals surface area contributed by atoms with Crippen molar-refractivity contribution in [2.45, 2.75) is 18.7 Å². The summed E-state index contributed by atoms with van der Waals surface area (Å²) in [6, 6.07) is 7.93. The summed E-state index contributed by atoms with van der Waals surface area (Å²) >= 11 is 1.74. The highest BCUT2D eigenvalue weighted by molar-refractivity contribution is 7.99. The summed E-state index contributed by atoms with van der Waals surface area (Å²) in [5.41, 5.74) is 2.94. The maximum Gasteiger partial charge on any atom is 0.251 e. The highest BCUT2D eigenvalue weighted by Gasteiger charge is 2.16. The first-order chi connectivity index (χ1) is 8.72. The first kappa shape index (κ1) is 13.2. The molecule has 0 atom stereocenters. The van der Waals surface area contributed by atoms with Crippen molar-refractivity contribution >= 4 is 23.4 Å². The molecule has 1 saturated heterocycles. The Morgan fingerprint density at radius 1 is 1.39 bits per heavy atom. The monoisotopic (exact) mass is 262 g/mol. The van der Waals surface area contributed by atoms with Gasteiger partial charge < -0.3 is 10.6 Å². The molecule has 1 aromatic rings. The van der Waals surface area contributed by atoms with Gasteiger partial charge in [0.15, 0.2) is 0 Å². The van der Waals surface area contributed by atoms with Gasteiger partial charge in [0.05, 0.1) is 5.69 Å². The zero-order chi connectivity index (χ0) is 13.0. The Labute approximate surface area is 112 Å². The molecule has 1 aromatic carbocycles. The summed E-state index contributed by atoms with van der Waals surface area (Å²) in [4.78, 5) is 13.2. The zero-order valence-electron chi connectivity index (χ0n) is 10.7. The van der Waals surface area contributed by atoms with Gasteiger partial charge in [0.1, 0.15) is 0 Å². The number of para-hydroxylation sites is 1. The van der Waals surface area contributed by atoms with Crippen LogP contribution in [0.2, 0.25) is 0 Å². The normalized spacial score (nSPS) is 14.0. The molecule has 1 fully saturated rings. The van der Waals surface area contributed by atoms with E-state index in [1.807, 2.05) is 31.2 Å². The molecule has 2 N–H and O–H groups in total. The minimum absolute atomic E-state index is 0.00986. The van der Waals surface area contributed by atoms with E-state index in [9.17, 15) is 4.79 Å². The van der Waals surface area contributed by atoms with Crippen molar-refractivity contribution in [1.29, 1.82) is 0 Å². The second-order valence-corrected chi connectivity index (χ2v) is 5.52. The Hall–Kier alpha value is -1.26. The quantitative estimate of drug-likeness (QED) is 0.647. The van der Waals surface area contributed by atoms with E-state index < -0.39 is 0 Å². The lowest BCUT2D eigenvalue weighted by Crippen LogP contribution is -2.36. The molecule has 1 amide bonds. The molecule has 0 radical (unpaired) electrons. The Morgan fingerprint density at radius 3 is 2.72 bits per heavy atom. The summed E-state index contributed by atoms with van der Waals surface area (Å²) in [5, 5.41) is 6.15. The maximum absolute atomic E-state index is 12.1. The van der Waals surface area contributed by atoms with Crippen LogP contribution in [-0.4, -0.2) is 24.7 Å². The van der Waals surface area contributed by atoms with Crippen molar-refractivity contribution < 1.29 is 4.79 Å². The van der Waals surface area contributed by atoms with Crippen LogP contribution in [-0.2, 0) is 4.79 Å². The van der Waals surface area contributed by atoms with E-state index in [0.717, 1.165) is 35.0 Å². The van der Waals surface area contributed by atoms with Gasteiger partial charge >= 0.3 is 0 Å². The van der Waals surface area contributed by atoms with Crippen LogP contribution >= 0.6 is 11.8 Å². The predicted molar refractivity (Wildman–Crippen MR) is 77.0 cm³/mol. The molecule has 18 heavy (non-hydrogen) atoms. The summed E-state index contributed by atoms with van der Waals surface area (Å²) in [6.07, 6.45) is 0. The van der Waals surface area contributed by atoms with Crippen molar-refractivity contribution in [3.63, 3.8) is 0 Å². The lowest BCUT2D eigenvalue weighted by molar-refractivity contribution is -0.112. The van der Waals surface area contributed by atoms with Crippen LogP contribution in [0.25, 0.3) is 0 Å². The van der Waals surface area contributed by atoms with E-state index >= 15 is 0 Å². The lowest BCUT2D eigenvalue weighted by atomic mass is 10.0. The fourth-order valence-electron chi connectivity index (χ4n) is 1.74. The first-order valence-electron chi connectivity index (χ1n) is 6.15. The van der Waals surface area contributed by atoms with E-state index in [4.69, 9.17) is 0 Å². The molecule has 96 valence electrons. The topological polar surface area (TPSA) is 41.1 Å². The summed E-state index contributed by atoms with van der Waals surface area (Å²) in [7, 11) is 0. The third-order valence-corrected chi connectivity index (χ3v) is 3.94. The van der Waals surface area contributed by atoms with E-state index in [1.165, 1.54) is 5.57 Å². The van der Waals surface area contributed by atoms with Crippen molar-refractivity contribution in [2.24, 2.45) is 0 Å². The van der Waals surface area contributed by atoms with Gasteiger partial charge in [-0.15, -0.1) is 11.8 Å². The number of amides is 1. The molecule has 1 heterocycles. The molecule has 1 aliphatic heterocycles. The smallest absolute Gasteiger partial charge is 0.251 e. The van der Waals surface area contributed by atoms with Crippen LogP contribution in [0.5, 0.6) is 0 Å². The largest absolute Gasteiger partial charge is 0.321 e. The number of rotatable bonds is 4. The number of carbonyl (C=O) groups excluding carboxylic acids is 1. The first-order valence-corrected chi connectivity index (χ1v) is 7.13. The molecular formula is C14H18N2OS. The molecular weight excluding hydrogens is 244 g/mol. The highest BCUT2D eigenvalue weighted by atomic mass is 32.2. The Kier molecular flexibility index (Phi) is 4.44. The van der Waals surface area contributed by atoms with Gasteiger partial charge in [-0.25, -0.2) is 0 Å². The zero-order valence-corrected chi connectivity index (χ0v) is 11.6.